The molecular weight excluding hydrogens is 228 g/mol. The minimum Gasteiger partial charge on any atom is -0.399 e. The molecule has 2 rings (SSSR count). The molecule has 5 heteroatoms. The van der Waals surface area contributed by atoms with E-state index < -0.39 is 0 Å². The third-order valence-electron chi connectivity index (χ3n) is 3.00. The number of aromatic nitrogens is 2. The van der Waals surface area contributed by atoms with E-state index in [4.69, 9.17) is 5.73 Å². The molecule has 18 heavy (non-hydrogen) atoms. The fourth-order valence-electron chi connectivity index (χ4n) is 1.82. The topological polar surface area (TPSA) is 75.0 Å². The van der Waals surface area contributed by atoms with Gasteiger partial charge < -0.3 is 15.6 Å². The maximum absolute atomic E-state index is 11.7. The molecule has 0 fully saturated rings. The Morgan fingerprint density at radius 2 is 2.22 bits per heavy atom. The Kier molecular flexibility index (Phi) is 3.32. The van der Waals surface area contributed by atoms with Crippen molar-refractivity contribution in [3.05, 3.63) is 52.6 Å². The van der Waals surface area contributed by atoms with Gasteiger partial charge in [0.05, 0.1) is 6.04 Å². The number of hydrogen-bond acceptors (Lipinski definition) is 4. The summed E-state index contributed by atoms with van der Waals surface area (Å²) in [6.07, 6.45) is 3.09. The number of nitrogens with two attached hydrogens (primary N) is 1. The molecule has 0 saturated carbocycles. The average molecular weight is 244 g/mol. The van der Waals surface area contributed by atoms with Crippen LogP contribution in [0, 0.1) is 0 Å². The minimum atomic E-state index is -0.198. The summed E-state index contributed by atoms with van der Waals surface area (Å²) in [5.41, 5.74) is 7.32. The molecule has 1 unspecified atom stereocenters. The standard InChI is InChI=1S/C13H16N4O/c1-9(10-4-3-5-11(14)8-10)17(2)12-13(18)16-7-6-15-12/h3-9H,14H2,1-2H3,(H,16,18). The third-order valence-corrected chi connectivity index (χ3v) is 3.00. The quantitative estimate of drug-likeness (QED) is 0.803. The first kappa shape index (κ1) is 12.2. The van der Waals surface area contributed by atoms with Crippen LogP contribution in [0.15, 0.2) is 41.5 Å². The van der Waals surface area contributed by atoms with Gasteiger partial charge in [-0.1, -0.05) is 12.1 Å². The first-order valence-corrected chi connectivity index (χ1v) is 5.71. The second-order valence-electron chi connectivity index (χ2n) is 4.20. The summed E-state index contributed by atoms with van der Waals surface area (Å²) >= 11 is 0. The first-order valence-electron chi connectivity index (χ1n) is 5.71. The van der Waals surface area contributed by atoms with Crippen LogP contribution < -0.4 is 16.2 Å². The molecule has 0 aliphatic rings. The molecule has 1 heterocycles. The van der Waals surface area contributed by atoms with Gasteiger partial charge in [-0.05, 0) is 24.6 Å². The highest BCUT2D eigenvalue weighted by atomic mass is 16.1. The number of aromatic amines is 1. The van der Waals surface area contributed by atoms with Crippen molar-refractivity contribution in [1.82, 2.24) is 9.97 Å². The molecule has 0 bridgehead atoms. The van der Waals surface area contributed by atoms with Gasteiger partial charge in [-0.25, -0.2) is 4.98 Å². The van der Waals surface area contributed by atoms with Gasteiger partial charge in [-0.2, -0.15) is 0 Å². The molecule has 0 spiro atoms. The Labute approximate surface area is 105 Å². The van der Waals surface area contributed by atoms with E-state index in [0.717, 1.165) is 5.56 Å². The number of nitrogens with zero attached hydrogens (tertiary/aromatic N) is 2. The second kappa shape index (κ2) is 4.91. The van der Waals surface area contributed by atoms with Crippen LogP contribution >= 0.6 is 0 Å². The zero-order valence-electron chi connectivity index (χ0n) is 10.4. The van der Waals surface area contributed by atoms with Crippen molar-refractivity contribution in [3.8, 4) is 0 Å². The average Bonchev–Trinajstić information content (AvgIpc) is 2.37. The van der Waals surface area contributed by atoms with Gasteiger partial charge in [-0.15, -0.1) is 0 Å². The lowest BCUT2D eigenvalue weighted by molar-refractivity contribution is 0.722. The molecule has 0 amide bonds. The zero-order valence-corrected chi connectivity index (χ0v) is 10.4. The number of rotatable bonds is 3. The number of nitrogens with one attached hydrogen (secondary N) is 1. The van der Waals surface area contributed by atoms with Gasteiger partial charge >= 0.3 is 0 Å². The van der Waals surface area contributed by atoms with Crippen LogP contribution in [0.3, 0.4) is 0 Å². The number of benzene rings is 1. The summed E-state index contributed by atoms with van der Waals surface area (Å²) in [4.78, 5) is 20.2. The molecule has 1 atom stereocenters. The molecule has 2 aromatic rings. The van der Waals surface area contributed by atoms with Crippen molar-refractivity contribution in [2.24, 2.45) is 0 Å². The second-order valence-corrected chi connectivity index (χ2v) is 4.20. The van der Waals surface area contributed by atoms with Crippen LogP contribution in [0.2, 0.25) is 0 Å². The van der Waals surface area contributed by atoms with Crippen molar-refractivity contribution in [2.45, 2.75) is 13.0 Å². The molecule has 0 aliphatic heterocycles. The lowest BCUT2D eigenvalue weighted by Crippen LogP contribution is -2.28. The highest BCUT2D eigenvalue weighted by Gasteiger charge is 2.15. The smallest absolute Gasteiger partial charge is 0.290 e. The van der Waals surface area contributed by atoms with Gasteiger partial charge in [-0.3, -0.25) is 4.79 Å². The van der Waals surface area contributed by atoms with Gasteiger partial charge in [0.1, 0.15) is 0 Å². The number of hydrogen-bond donors (Lipinski definition) is 2. The van der Waals surface area contributed by atoms with Crippen molar-refractivity contribution >= 4 is 11.5 Å². The summed E-state index contributed by atoms with van der Waals surface area (Å²) in [6, 6.07) is 7.64. The Bertz CT molecular complexity index is 593. The van der Waals surface area contributed by atoms with E-state index in [2.05, 4.69) is 9.97 Å². The van der Waals surface area contributed by atoms with Gasteiger partial charge in [0.25, 0.3) is 5.56 Å². The van der Waals surface area contributed by atoms with Crippen LogP contribution in [0.1, 0.15) is 18.5 Å². The fourth-order valence-corrected chi connectivity index (χ4v) is 1.82. The minimum absolute atomic E-state index is 0.0181. The summed E-state index contributed by atoms with van der Waals surface area (Å²) < 4.78 is 0. The molecule has 94 valence electrons. The van der Waals surface area contributed by atoms with E-state index in [0.29, 0.717) is 11.5 Å². The van der Waals surface area contributed by atoms with Gasteiger partial charge in [0, 0.05) is 25.1 Å². The van der Waals surface area contributed by atoms with E-state index in [9.17, 15) is 4.79 Å². The summed E-state index contributed by atoms with van der Waals surface area (Å²) in [7, 11) is 1.84. The fraction of sp³-hybridized carbons (Fsp3) is 0.231. The summed E-state index contributed by atoms with van der Waals surface area (Å²) in [6.45, 7) is 2.00. The molecule has 1 aromatic heterocycles. The van der Waals surface area contributed by atoms with Gasteiger partial charge in [0.2, 0.25) is 0 Å². The largest absolute Gasteiger partial charge is 0.399 e. The molecule has 0 aliphatic carbocycles. The summed E-state index contributed by atoms with van der Waals surface area (Å²) in [5, 5.41) is 0. The molecule has 5 nitrogen and oxygen atoms in total. The Balaban J connectivity index is 2.32. The summed E-state index contributed by atoms with van der Waals surface area (Å²) in [5.74, 6) is 0.396. The third kappa shape index (κ3) is 2.34. The lowest BCUT2D eigenvalue weighted by Gasteiger charge is -2.25. The van der Waals surface area contributed by atoms with Crippen molar-refractivity contribution < 1.29 is 0 Å². The number of anilines is 2. The van der Waals surface area contributed by atoms with Crippen molar-refractivity contribution in [1.29, 1.82) is 0 Å². The monoisotopic (exact) mass is 244 g/mol. The Morgan fingerprint density at radius 3 is 2.89 bits per heavy atom. The van der Waals surface area contributed by atoms with Gasteiger partial charge in [0.15, 0.2) is 5.82 Å². The molecule has 0 radical (unpaired) electrons. The Morgan fingerprint density at radius 1 is 1.44 bits per heavy atom. The maximum atomic E-state index is 11.7. The maximum Gasteiger partial charge on any atom is 0.290 e. The van der Waals surface area contributed by atoms with Crippen molar-refractivity contribution in [3.63, 3.8) is 0 Å². The predicted molar refractivity (Wildman–Crippen MR) is 72.5 cm³/mol. The molecule has 3 N–H and O–H groups in total. The van der Waals surface area contributed by atoms with E-state index in [1.165, 1.54) is 6.20 Å². The first-order chi connectivity index (χ1) is 8.59. The molecule has 0 saturated heterocycles. The zero-order chi connectivity index (χ0) is 13.1. The lowest BCUT2D eigenvalue weighted by atomic mass is 10.1. The molecular formula is C13H16N4O. The number of nitrogen functional groups attached to an aromatic ring is 1. The van der Waals surface area contributed by atoms with Crippen LogP contribution in [-0.2, 0) is 0 Å². The Hall–Kier alpha value is -2.30. The molecule has 1 aromatic carbocycles. The van der Waals surface area contributed by atoms with E-state index in [1.54, 1.807) is 6.20 Å². The van der Waals surface area contributed by atoms with Crippen LogP contribution in [0.5, 0.6) is 0 Å². The SMILES string of the molecule is CC(c1cccc(N)c1)N(C)c1ncc[nH]c1=O. The highest BCUT2D eigenvalue weighted by Crippen LogP contribution is 2.22. The number of H-pyrrole nitrogens is 1. The van der Waals surface area contributed by atoms with E-state index in [1.807, 2.05) is 43.1 Å². The van der Waals surface area contributed by atoms with E-state index in [-0.39, 0.29) is 11.6 Å². The van der Waals surface area contributed by atoms with Crippen molar-refractivity contribution in [2.75, 3.05) is 17.7 Å². The van der Waals surface area contributed by atoms with Crippen LogP contribution in [0.25, 0.3) is 0 Å². The normalized spacial score (nSPS) is 12.1. The predicted octanol–water partition coefficient (Wildman–Crippen LogP) is 1.55. The van der Waals surface area contributed by atoms with Crippen LogP contribution in [0.4, 0.5) is 11.5 Å². The highest BCUT2D eigenvalue weighted by molar-refractivity contribution is 5.45. The van der Waals surface area contributed by atoms with E-state index >= 15 is 0 Å². The van der Waals surface area contributed by atoms with Crippen LogP contribution in [-0.4, -0.2) is 17.0 Å².